The fourth-order valence-electron chi connectivity index (χ4n) is 2.80. The van der Waals surface area contributed by atoms with E-state index in [1.165, 1.54) is 6.92 Å². The minimum atomic E-state index is -0.141. The molecule has 7 heteroatoms. The van der Waals surface area contributed by atoms with E-state index in [0.717, 1.165) is 5.69 Å². The SMILES string of the molecule is CC(=O)NCCCC(=O)N1CC(=O)N(c2ccc(C#N)cc2)CC1C. The summed E-state index contributed by atoms with van der Waals surface area (Å²) in [5.41, 5.74) is 1.27. The Labute approximate surface area is 147 Å². The van der Waals surface area contributed by atoms with Crippen molar-refractivity contribution in [3.05, 3.63) is 29.8 Å². The van der Waals surface area contributed by atoms with Gasteiger partial charge in [-0.15, -0.1) is 0 Å². The van der Waals surface area contributed by atoms with Crippen LogP contribution in [0.15, 0.2) is 24.3 Å². The molecule has 0 bridgehead atoms. The monoisotopic (exact) mass is 342 g/mol. The van der Waals surface area contributed by atoms with Crippen LogP contribution in [0.2, 0.25) is 0 Å². The van der Waals surface area contributed by atoms with Crippen LogP contribution in [0, 0.1) is 11.3 Å². The van der Waals surface area contributed by atoms with Gasteiger partial charge < -0.3 is 15.1 Å². The fraction of sp³-hybridized carbons (Fsp3) is 0.444. The molecule has 0 spiro atoms. The molecule has 25 heavy (non-hydrogen) atoms. The lowest BCUT2D eigenvalue weighted by Crippen LogP contribution is -2.57. The molecule has 0 aromatic heterocycles. The number of piperazine rings is 1. The van der Waals surface area contributed by atoms with Gasteiger partial charge >= 0.3 is 0 Å². The number of carbonyl (C=O) groups excluding carboxylic acids is 3. The van der Waals surface area contributed by atoms with Gasteiger partial charge in [-0.3, -0.25) is 14.4 Å². The standard InChI is InChI=1S/C18H22N4O3/c1-13-11-22(16-7-5-15(10-19)6-8-16)18(25)12-21(13)17(24)4-3-9-20-14(2)23/h5-8,13H,3-4,9,11-12H2,1-2H3,(H,20,23). The first-order valence-electron chi connectivity index (χ1n) is 8.27. The molecular weight excluding hydrogens is 320 g/mol. The van der Waals surface area contributed by atoms with Crippen LogP contribution in [-0.4, -0.2) is 48.3 Å². The van der Waals surface area contributed by atoms with Gasteiger partial charge in [-0.05, 0) is 37.6 Å². The van der Waals surface area contributed by atoms with E-state index < -0.39 is 0 Å². The van der Waals surface area contributed by atoms with Crippen molar-refractivity contribution in [1.29, 1.82) is 5.26 Å². The average molecular weight is 342 g/mol. The Balaban J connectivity index is 1.94. The molecule has 1 N–H and O–H groups in total. The van der Waals surface area contributed by atoms with Crippen LogP contribution < -0.4 is 10.2 Å². The molecule has 132 valence electrons. The van der Waals surface area contributed by atoms with Crippen molar-refractivity contribution in [1.82, 2.24) is 10.2 Å². The third kappa shape index (κ3) is 4.80. The Morgan fingerprint density at radius 3 is 2.60 bits per heavy atom. The predicted molar refractivity (Wildman–Crippen MR) is 92.6 cm³/mol. The molecule has 1 aliphatic rings. The zero-order valence-corrected chi connectivity index (χ0v) is 14.5. The second kappa shape index (κ2) is 8.29. The Morgan fingerprint density at radius 2 is 2.00 bits per heavy atom. The van der Waals surface area contributed by atoms with Crippen LogP contribution in [0.25, 0.3) is 0 Å². The van der Waals surface area contributed by atoms with Crippen molar-refractivity contribution in [3.8, 4) is 6.07 Å². The van der Waals surface area contributed by atoms with Gasteiger partial charge in [0.15, 0.2) is 0 Å². The molecular formula is C18H22N4O3. The molecule has 1 unspecified atom stereocenters. The largest absolute Gasteiger partial charge is 0.356 e. The molecule has 7 nitrogen and oxygen atoms in total. The summed E-state index contributed by atoms with van der Waals surface area (Å²) < 4.78 is 0. The zero-order valence-electron chi connectivity index (χ0n) is 14.5. The lowest BCUT2D eigenvalue weighted by atomic mass is 10.1. The first kappa shape index (κ1) is 18.5. The third-order valence-corrected chi connectivity index (χ3v) is 4.16. The fourth-order valence-corrected chi connectivity index (χ4v) is 2.80. The molecule has 1 fully saturated rings. The van der Waals surface area contributed by atoms with Gasteiger partial charge in [-0.25, -0.2) is 0 Å². The maximum absolute atomic E-state index is 12.4. The summed E-state index contributed by atoms with van der Waals surface area (Å²) in [7, 11) is 0. The van der Waals surface area contributed by atoms with Crippen LogP contribution in [0.1, 0.15) is 32.3 Å². The van der Waals surface area contributed by atoms with Gasteiger partial charge in [-0.2, -0.15) is 5.26 Å². The molecule has 1 heterocycles. The Bertz CT molecular complexity index is 693. The lowest BCUT2D eigenvalue weighted by Gasteiger charge is -2.39. The summed E-state index contributed by atoms with van der Waals surface area (Å²) >= 11 is 0. The summed E-state index contributed by atoms with van der Waals surface area (Å²) in [6.07, 6.45) is 0.851. The molecule has 3 amide bonds. The first-order chi connectivity index (χ1) is 11.9. The number of benzene rings is 1. The highest BCUT2D eigenvalue weighted by Crippen LogP contribution is 2.21. The highest BCUT2D eigenvalue weighted by molar-refractivity contribution is 5.98. The van der Waals surface area contributed by atoms with Crippen LogP contribution in [0.5, 0.6) is 0 Å². The molecule has 1 aromatic rings. The van der Waals surface area contributed by atoms with E-state index in [0.29, 0.717) is 31.5 Å². The molecule has 0 radical (unpaired) electrons. The lowest BCUT2D eigenvalue weighted by molar-refractivity contribution is -0.139. The van der Waals surface area contributed by atoms with Gasteiger partial charge in [0.25, 0.3) is 0 Å². The van der Waals surface area contributed by atoms with Crippen molar-refractivity contribution < 1.29 is 14.4 Å². The van der Waals surface area contributed by atoms with Crippen molar-refractivity contribution in [2.75, 3.05) is 24.5 Å². The van der Waals surface area contributed by atoms with Gasteiger partial charge in [0.05, 0.1) is 11.6 Å². The normalized spacial score (nSPS) is 17.2. The molecule has 1 atom stereocenters. The quantitative estimate of drug-likeness (QED) is 0.809. The van der Waals surface area contributed by atoms with E-state index in [1.54, 1.807) is 34.1 Å². The smallest absolute Gasteiger partial charge is 0.246 e. The number of rotatable bonds is 5. The molecule has 1 saturated heterocycles. The van der Waals surface area contributed by atoms with Gasteiger partial charge in [0, 0.05) is 38.2 Å². The number of anilines is 1. The molecule has 2 rings (SSSR count). The van der Waals surface area contributed by atoms with E-state index in [1.807, 2.05) is 13.0 Å². The van der Waals surface area contributed by atoms with Crippen molar-refractivity contribution >= 4 is 23.4 Å². The first-order valence-corrected chi connectivity index (χ1v) is 8.27. The minimum absolute atomic E-state index is 0.0418. The molecule has 0 saturated carbocycles. The summed E-state index contributed by atoms with van der Waals surface area (Å²) in [5, 5.41) is 11.5. The number of nitriles is 1. The van der Waals surface area contributed by atoms with Gasteiger partial charge in [0.1, 0.15) is 6.54 Å². The Kier molecular flexibility index (Phi) is 6.12. The Hall–Kier alpha value is -2.88. The second-order valence-electron chi connectivity index (χ2n) is 6.12. The van der Waals surface area contributed by atoms with Gasteiger partial charge in [-0.1, -0.05) is 0 Å². The van der Waals surface area contributed by atoms with Crippen LogP contribution >= 0.6 is 0 Å². The number of carbonyl (C=O) groups is 3. The Morgan fingerprint density at radius 1 is 1.32 bits per heavy atom. The van der Waals surface area contributed by atoms with Crippen molar-refractivity contribution in [2.24, 2.45) is 0 Å². The third-order valence-electron chi connectivity index (χ3n) is 4.16. The van der Waals surface area contributed by atoms with Crippen molar-refractivity contribution in [2.45, 2.75) is 32.7 Å². The average Bonchev–Trinajstić information content (AvgIpc) is 2.60. The van der Waals surface area contributed by atoms with Crippen LogP contribution in [-0.2, 0) is 14.4 Å². The molecule has 1 aromatic carbocycles. The summed E-state index contributed by atoms with van der Waals surface area (Å²) in [4.78, 5) is 38.8. The molecule has 0 aliphatic carbocycles. The maximum atomic E-state index is 12.4. The van der Waals surface area contributed by atoms with E-state index in [4.69, 9.17) is 5.26 Å². The summed E-state index contributed by atoms with van der Waals surface area (Å²) in [6.45, 7) is 4.26. The predicted octanol–water partition coefficient (Wildman–Crippen LogP) is 1.04. The van der Waals surface area contributed by atoms with E-state index in [2.05, 4.69) is 5.32 Å². The zero-order chi connectivity index (χ0) is 18.4. The maximum Gasteiger partial charge on any atom is 0.246 e. The minimum Gasteiger partial charge on any atom is -0.356 e. The number of nitrogens with zero attached hydrogens (tertiary/aromatic N) is 3. The number of amides is 3. The summed E-state index contributed by atoms with van der Waals surface area (Å²) in [6, 6.07) is 8.79. The molecule has 1 aliphatic heterocycles. The van der Waals surface area contributed by atoms with Gasteiger partial charge in [0.2, 0.25) is 17.7 Å². The van der Waals surface area contributed by atoms with Crippen LogP contribution in [0.4, 0.5) is 5.69 Å². The number of nitrogens with one attached hydrogen (secondary N) is 1. The number of hydrogen-bond donors (Lipinski definition) is 1. The van der Waals surface area contributed by atoms with E-state index in [9.17, 15) is 14.4 Å². The van der Waals surface area contributed by atoms with E-state index >= 15 is 0 Å². The topological polar surface area (TPSA) is 93.5 Å². The highest BCUT2D eigenvalue weighted by Gasteiger charge is 2.32. The van der Waals surface area contributed by atoms with Crippen molar-refractivity contribution in [3.63, 3.8) is 0 Å². The summed E-state index contributed by atoms with van der Waals surface area (Å²) in [5.74, 6) is -0.337. The highest BCUT2D eigenvalue weighted by atomic mass is 16.2. The van der Waals surface area contributed by atoms with Crippen LogP contribution in [0.3, 0.4) is 0 Å². The number of hydrogen-bond acceptors (Lipinski definition) is 4. The second-order valence-corrected chi connectivity index (χ2v) is 6.12. The van der Waals surface area contributed by atoms with E-state index in [-0.39, 0.29) is 30.3 Å².